The number of nitrogens with one attached hydrogen (secondary N) is 2. The molecule has 0 unspecified atom stereocenters. The summed E-state index contributed by atoms with van der Waals surface area (Å²) in [6, 6.07) is 17.7. The summed E-state index contributed by atoms with van der Waals surface area (Å²) in [6.45, 7) is 6.11. The summed E-state index contributed by atoms with van der Waals surface area (Å²) in [5.74, 6) is 0.347. The van der Waals surface area contributed by atoms with Crippen LogP contribution >= 0.6 is 0 Å². The van der Waals surface area contributed by atoms with Gasteiger partial charge in [0.1, 0.15) is 5.75 Å². The van der Waals surface area contributed by atoms with E-state index in [0.717, 1.165) is 24.2 Å². The molecule has 0 saturated carbocycles. The SMILES string of the molecule is CCCN(CCC)C(=O)Cc1cc(CC(N)=O)cc(CC(=O)N[C@@H](Cc2cccc(OC)n2)[C@H](O)CNCc2cccc(OC)c2)c1. The number of rotatable bonds is 20. The van der Waals surface area contributed by atoms with Gasteiger partial charge < -0.3 is 35.8 Å². The van der Waals surface area contributed by atoms with Crippen LogP contribution in [0.25, 0.3) is 0 Å². The summed E-state index contributed by atoms with van der Waals surface area (Å²) >= 11 is 0. The van der Waals surface area contributed by atoms with Gasteiger partial charge in [0.25, 0.3) is 0 Å². The molecule has 254 valence electrons. The number of carbonyl (C=O) groups is 3. The van der Waals surface area contributed by atoms with E-state index in [1.807, 2.05) is 61.2 Å². The Morgan fingerprint density at radius 3 is 2.17 bits per heavy atom. The molecule has 2 atom stereocenters. The first kappa shape index (κ1) is 37.0. The average molecular weight is 648 g/mol. The second-order valence-electron chi connectivity index (χ2n) is 11.6. The minimum atomic E-state index is -0.949. The molecule has 0 aliphatic rings. The van der Waals surface area contributed by atoms with Gasteiger partial charge >= 0.3 is 0 Å². The first-order chi connectivity index (χ1) is 22.6. The fourth-order valence-electron chi connectivity index (χ4n) is 5.46. The molecule has 47 heavy (non-hydrogen) atoms. The van der Waals surface area contributed by atoms with E-state index in [0.29, 0.717) is 47.9 Å². The zero-order valence-corrected chi connectivity index (χ0v) is 28.0. The van der Waals surface area contributed by atoms with Crippen LogP contribution in [0.15, 0.2) is 60.7 Å². The number of aliphatic hydroxyl groups excluding tert-OH is 1. The number of aromatic nitrogens is 1. The zero-order chi connectivity index (χ0) is 34.2. The van der Waals surface area contributed by atoms with E-state index in [2.05, 4.69) is 15.6 Å². The van der Waals surface area contributed by atoms with Crippen molar-refractivity contribution < 1.29 is 29.0 Å². The van der Waals surface area contributed by atoms with Crippen LogP contribution in [0, 0.1) is 0 Å². The smallest absolute Gasteiger partial charge is 0.226 e. The number of amides is 3. The number of hydrogen-bond donors (Lipinski definition) is 4. The normalized spacial score (nSPS) is 12.2. The highest BCUT2D eigenvalue weighted by atomic mass is 16.5. The minimum absolute atomic E-state index is 0.00394. The van der Waals surface area contributed by atoms with Crippen molar-refractivity contribution in [2.45, 2.75) is 71.1 Å². The van der Waals surface area contributed by atoms with Crippen molar-refractivity contribution in [2.24, 2.45) is 5.73 Å². The molecule has 5 N–H and O–H groups in total. The molecular weight excluding hydrogens is 598 g/mol. The van der Waals surface area contributed by atoms with Crippen LogP contribution in [0.5, 0.6) is 11.6 Å². The van der Waals surface area contributed by atoms with Crippen LogP contribution in [0.3, 0.4) is 0 Å². The van der Waals surface area contributed by atoms with E-state index in [4.69, 9.17) is 15.2 Å². The van der Waals surface area contributed by atoms with E-state index in [-0.39, 0.29) is 44.0 Å². The molecule has 11 heteroatoms. The van der Waals surface area contributed by atoms with Gasteiger partial charge in [0.05, 0.1) is 45.6 Å². The van der Waals surface area contributed by atoms with Gasteiger partial charge in [-0.25, -0.2) is 4.98 Å². The van der Waals surface area contributed by atoms with Crippen molar-refractivity contribution in [3.05, 3.63) is 88.6 Å². The van der Waals surface area contributed by atoms with Gasteiger partial charge in [-0.2, -0.15) is 0 Å². The molecule has 3 rings (SSSR count). The highest BCUT2D eigenvalue weighted by Crippen LogP contribution is 2.16. The number of nitrogens with two attached hydrogens (primary N) is 1. The van der Waals surface area contributed by atoms with Crippen molar-refractivity contribution >= 4 is 17.7 Å². The summed E-state index contributed by atoms with van der Waals surface area (Å²) in [6.07, 6.45) is 1.15. The Kier molecular flexibility index (Phi) is 15.1. The molecule has 1 heterocycles. The number of benzene rings is 2. The van der Waals surface area contributed by atoms with Crippen LogP contribution in [0.4, 0.5) is 0 Å². The molecule has 0 fully saturated rings. The Bertz CT molecular complexity index is 1460. The maximum absolute atomic E-state index is 13.5. The molecule has 0 radical (unpaired) electrons. The second-order valence-corrected chi connectivity index (χ2v) is 11.6. The van der Waals surface area contributed by atoms with Crippen LogP contribution in [0.1, 0.15) is 54.6 Å². The highest BCUT2D eigenvalue weighted by molar-refractivity contribution is 5.81. The molecule has 11 nitrogen and oxygen atoms in total. The van der Waals surface area contributed by atoms with E-state index in [9.17, 15) is 19.5 Å². The Morgan fingerprint density at radius 2 is 1.53 bits per heavy atom. The summed E-state index contributed by atoms with van der Waals surface area (Å²) in [7, 11) is 3.14. The van der Waals surface area contributed by atoms with Crippen LogP contribution < -0.4 is 25.8 Å². The van der Waals surface area contributed by atoms with E-state index in [1.165, 1.54) is 7.11 Å². The first-order valence-electron chi connectivity index (χ1n) is 16.1. The molecule has 0 aliphatic carbocycles. The fraction of sp³-hybridized carbons (Fsp3) is 0.444. The first-order valence-corrected chi connectivity index (χ1v) is 16.1. The Balaban J connectivity index is 1.77. The number of carbonyl (C=O) groups excluding carboxylic acids is 3. The maximum atomic E-state index is 13.5. The van der Waals surface area contributed by atoms with Gasteiger partial charge in [-0.3, -0.25) is 14.4 Å². The van der Waals surface area contributed by atoms with Crippen LogP contribution in [-0.4, -0.2) is 78.7 Å². The molecule has 1 aromatic heterocycles. The average Bonchev–Trinajstić information content (AvgIpc) is 3.04. The van der Waals surface area contributed by atoms with Gasteiger partial charge in [-0.1, -0.05) is 50.2 Å². The van der Waals surface area contributed by atoms with Gasteiger partial charge in [-0.15, -0.1) is 0 Å². The summed E-state index contributed by atoms with van der Waals surface area (Å²) < 4.78 is 10.6. The van der Waals surface area contributed by atoms with E-state index >= 15 is 0 Å². The lowest BCUT2D eigenvalue weighted by Gasteiger charge is -2.25. The third kappa shape index (κ3) is 12.7. The quantitative estimate of drug-likeness (QED) is 0.146. The highest BCUT2D eigenvalue weighted by Gasteiger charge is 2.23. The van der Waals surface area contributed by atoms with Crippen molar-refractivity contribution in [3.63, 3.8) is 0 Å². The number of pyridine rings is 1. The molecule has 3 aromatic rings. The Hall–Kier alpha value is -4.48. The molecule has 3 amide bonds. The lowest BCUT2D eigenvalue weighted by Crippen LogP contribution is -2.49. The van der Waals surface area contributed by atoms with Gasteiger partial charge in [-0.05, 0) is 53.3 Å². The standard InChI is InChI=1S/C36H49N5O6/c1-5-13-41(14-6-2)36(45)21-28-16-26(19-33(37)43)15-27(17-28)20-34(44)40-31(22-29-10-8-12-35(39-29)47-4)32(42)24-38-23-25-9-7-11-30(18-25)46-3/h7-12,15-18,31-32,38,42H,5-6,13-14,19-24H2,1-4H3,(H2,37,43)(H,40,44)/t31-,32+/m0/s1. The number of hydrogen-bond acceptors (Lipinski definition) is 8. The maximum Gasteiger partial charge on any atom is 0.226 e. The summed E-state index contributed by atoms with van der Waals surface area (Å²) in [4.78, 5) is 44.7. The van der Waals surface area contributed by atoms with Gasteiger partial charge in [0.2, 0.25) is 23.6 Å². The molecule has 2 aromatic carbocycles. The minimum Gasteiger partial charge on any atom is -0.497 e. The van der Waals surface area contributed by atoms with Crippen LogP contribution in [-0.2, 0) is 46.6 Å². The van der Waals surface area contributed by atoms with Gasteiger partial charge in [0.15, 0.2) is 0 Å². The van der Waals surface area contributed by atoms with Gasteiger partial charge in [0, 0.05) is 44.4 Å². The fourth-order valence-corrected chi connectivity index (χ4v) is 5.46. The van der Waals surface area contributed by atoms with Crippen molar-refractivity contribution in [3.8, 4) is 11.6 Å². The van der Waals surface area contributed by atoms with E-state index in [1.54, 1.807) is 25.3 Å². The Morgan fingerprint density at radius 1 is 0.872 bits per heavy atom. The molecule has 0 spiro atoms. The number of aliphatic hydroxyl groups is 1. The monoisotopic (exact) mass is 647 g/mol. The number of ether oxygens (including phenoxy) is 2. The largest absolute Gasteiger partial charge is 0.497 e. The molecule has 0 saturated heterocycles. The summed E-state index contributed by atoms with van der Waals surface area (Å²) in [5.41, 5.74) is 9.13. The zero-order valence-electron chi connectivity index (χ0n) is 28.0. The Labute approximate surface area is 277 Å². The van der Waals surface area contributed by atoms with Crippen molar-refractivity contribution in [2.75, 3.05) is 33.9 Å². The third-order valence-electron chi connectivity index (χ3n) is 7.60. The van der Waals surface area contributed by atoms with Crippen molar-refractivity contribution in [1.82, 2.24) is 20.5 Å². The van der Waals surface area contributed by atoms with Crippen LogP contribution in [0.2, 0.25) is 0 Å². The third-order valence-corrected chi connectivity index (χ3v) is 7.60. The number of primary amides is 1. The van der Waals surface area contributed by atoms with E-state index < -0.39 is 18.1 Å². The molecule has 0 aliphatic heterocycles. The lowest BCUT2D eigenvalue weighted by atomic mass is 9.98. The van der Waals surface area contributed by atoms with Crippen molar-refractivity contribution in [1.29, 1.82) is 0 Å². The molecule has 0 bridgehead atoms. The summed E-state index contributed by atoms with van der Waals surface area (Å²) in [5, 5.41) is 17.5. The lowest BCUT2D eigenvalue weighted by molar-refractivity contribution is -0.130. The predicted octanol–water partition coefficient (Wildman–Crippen LogP) is 2.74. The molecular formula is C36H49N5O6. The number of methoxy groups -OCH3 is 2. The number of nitrogens with zero attached hydrogens (tertiary/aromatic N) is 2. The topological polar surface area (TPSA) is 156 Å². The second kappa shape index (κ2) is 19.2. The predicted molar refractivity (Wildman–Crippen MR) is 181 cm³/mol.